The summed E-state index contributed by atoms with van der Waals surface area (Å²) in [5.41, 5.74) is 5.93. The van der Waals surface area contributed by atoms with E-state index in [1.54, 1.807) is 4.90 Å². The van der Waals surface area contributed by atoms with Crippen LogP contribution in [0, 0.1) is 0 Å². The van der Waals surface area contributed by atoms with Crippen LogP contribution in [-0.2, 0) is 16.1 Å². The van der Waals surface area contributed by atoms with Gasteiger partial charge >= 0.3 is 0 Å². The minimum atomic E-state index is -0.490. The lowest BCUT2D eigenvalue weighted by Gasteiger charge is -2.28. The van der Waals surface area contributed by atoms with Crippen molar-refractivity contribution in [2.45, 2.75) is 38.9 Å². The van der Waals surface area contributed by atoms with E-state index in [-0.39, 0.29) is 24.4 Å². The molecule has 2 rings (SSSR count). The number of hydrogen-bond donors (Lipinski definition) is 1. The number of nitrogens with two attached hydrogens (primary N) is 1. The first kappa shape index (κ1) is 15.4. The SMILES string of the molecule is CCN(CC)C(=O)[C@@H]1C[C@H](N)CN1C(=O)Cn1ncnn1. The van der Waals surface area contributed by atoms with E-state index < -0.39 is 6.04 Å². The Morgan fingerprint density at radius 3 is 2.67 bits per heavy atom. The highest BCUT2D eigenvalue weighted by Gasteiger charge is 2.39. The van der Waals surface area contributed by atoms with E-state index in [1.165, 1.54) is 16.0 Å². The molecule has 9 nitrogen and oxygen atoms in total. The predicted molar refractivity (Wildman–Crippen MR) is 73.8 cm³/mol. The summed E-state index contributed by atoms with van der Waals surface area (Å²) in [6.07, 6.45) is 1.76. The second-order valence-electron chi connectivity index (χ2n) is 5.03. The molecule has 0 radical (unpaired) electrons. The normalized spacial score (nSPS) is 21.6. The molecule has 1 saturated heterocycles. The fourth-order valence-electron chi connectivity index (χ4n) is 2.60. The maximum atomic E-state index is 12.5. The van der Waals surface area contributed by atoms with Crippen LogP contribution in [0.15, 0.2) is 6.33 Å². The van der Waals surface area contributed by atoms with Gasteiger partial charge in [0.2, 0.25) is 11.8 Å². The average Bonchev–Trinajstić information content (AvgIpc) is 3.09. The Kier molecular flexibility index (Phi) is 4.84. The first-order chi connectivity index (χ1) is 10.1. The summed E-state index contributed by atoms with van der Waals surface area (Å²) in [6, 6.07) is -0.668. The molecule has 9 heteroatoms. The fraction of sp³-hybridized carbons (Fsp3) is 0.750. The van der Waals surface area contributed by atoms with Crippen molar-refractivity contribution in [3.63, 3.8) is 0 Å². The molecule has 2 atom stereocenters. The number of rotatable bonds is 5. The summed E-state index contributed by atoms with van der Waals surface area (Å²) >= 11 is 0. The third-order valence-electron chi connectivity index (χ3n) is 3.68. The van der Waals surface area contributed by atoms with Crippen LogP contribution >= 0.6 is 0 Å². The fourth-order valence-corrected chi connectivity index (χ4v) is 2.60. The smallest absolute Gasteiger partial charge is 0.246 e. The molecule has 0 aromatic carbocycles. The lowest BCUT2D eigenvalue weighted by molar-refractivity contribution is -0.144. The molecule has 1 aromatic heterocycles. The zero-order valence-corrected chi connectivity index (χ0v) is 12.3. The Morgan fingerprint density at radius 2 is 2.10 bits per heavy atom. The van der Waals surface area contributed by atoms with Crippen molar-refractivity contribution in [3.05, 3.63) is 6.33 Å². The van der Waals surface area contributed by atoms with Crippen LogP contribution in [0.3, 0.4) is 0 Å². The average molecular weight is 295 g/mol. The highest BCUT2D eigenvalue weighted by molar-refractivity contribution is 5.88. The number of hydrogen-bond acceptors (Lipinski definition) is 6. The van der Waals surface area contributed by atoms with Crippen LogP contribution in [0.5, 0.6) is 0 Å². The number of carbonyl (C=O) groups is 2. The van der Waals surface area contributed by atoms with Crippen molar-refractivity contribution >= 4 is 11.8 Å². The number of carbonyl (C=O) groups excluding carboxylic acids is 2. The van der Waals surface area contributed by atoms with Crippen LogP contribution in [-0.4, -0.2) is 73.5 Å². The lowest BCUT2D eigenvalue weighted by atomic mass is 10.1. The van der Waals surface area contributed by atoms with Gasteiger partial charge in [0, 0.05) is 25.7 Å². The number of tetrazole rings is 1. The monoisotopic (exact) mass is 295 g/mol. The van der Waals surface area contributed by atoms with Gasteiger partial charge in [-0.25, -0.2) is 0 Å². The highest BCUT2D eigenvalue weighted by Crippen LogP contribution is 2.19. The molecule has 2 amide bonds. The Labute approximate surface area is 123 Å². The zero-order valence-electron chi connectivity index (χ0n) is 12.3. The topological polar surface area (TPSA) is 110 Å². The number of likely N-dealkylation sites (tertiary alicyclic amines) is 1. The molecule has 0 saturated carbocycles. The zero-order chi connectivity index (χ0) is 15.4. The molecule has 0 spiro atoms. The van der Waals surface area contributed by atoms with Gasteiger partial charge in [0.25, 0.3) is 0 Å². The van der Waals surface area contributed by atoms with E-state index in [9.17, 15) is 9.59 Å². The summed E-state index contributed by atoms with van der Waals surface area (Å²) in [4.78, 5) is 29.3. The Hall–Kier alpha value is -2.03. The maximum absolute atomic E-state index is 12.5. The molecule has 0 unspecified atom stereocenters. The van der Waals surface area contributed by atoms with Gasteiger partial charge in [0.1, 0.15) is 12.6 Å². The van der Waals surface area contributed by atoms with Gasteiger partial charge in [-0.3, -0.25) is 9.59 Å². The molecule has 1 fully saturated rings. The molecule has 1 aliphatic rings. The third-order valence-corrected chi connectivity index (χ3v) is 3.68. The van der Waals surface area contributed by atoms with Crippen molar-refractivity contribution in [2.75, 3.05) is 19.6 Å². The summed E-state index contributed by atoms with van der Waals surface area (Å²) in [7, 11) is 0. The number of amides is 2. The minimum Gasteiger partial charge on any atom is -0.341 e. The van der Waals surface area contributed by atoms with E-state index in [2.05, 4.69) is 15.4 Å². The second-order valence-corrected chi connectivity index (χ2v) is 5.03. The molecule has 1 aliphatic heterocycles. The molecule has 0 aliphatic carbocycles. The Bertz CT molecular complexity index is 486. The molecular formula is C12H21N7O2. The predicted octanol–water partition coefficient (Wildman–Crippen LogP) is -1.53. The number of nitrogens with zero attached hydrogens (tertiary/aromatic N) is 6. The van der Waals surface area contributed by atoms with E-state index in [0.717, 1.165) is 0 Å². The molecule has 2 heterocycles. The van der Waals surface area contributed by atoms with Crippen LogP contribution in [0.1, 0.15) is 20.3 Å². The van der Waals surface area contributed by atoms with E-state index in [4.69, 9.17) is 5.73 Å². The quantitative estimate of drug-likeness (QED) is 0.705. The second kappa shape index (κ2) is 6.61. The van der Waals surface area contributed by atoms with Crippen molar-refractivity contribution < 1.29 is 9.59 Å². The molecule has 0 bridgehead atoms. The lowest BCUT2D eigenvalue weighted by Crippen LogP contribution is -2.48. The Balaban J connectivity index is 2.09. The number of aromatic nitrogens is 4. The van der Waals surface area contributed by atoms with Gasteiger partial charge in [0.05, 0.1) is 0 Å². The van der Waals surface area contributed by atoms with E-state index in [0.29, 0.717) is 26.1 Å². The van der Waals surface area contributed by atoms with Crippen LogP contribution in [0.25, 0.3) is 0 Å². The first-order valence-electron chi connectivity index (χ1n) is 7.11. The summed E-state index contributed by atoms with van der Waals surface area (Å²) in [6.45, 7) is 5.42. The summed E-state index contributed by atoms with van der Waals surface area (Å²) < 4.78 is 0. The minimum absolute atomic E-state index is 0.0330. The van der Waals surface area contributed by atoms with Crippen LogP contribution in [0.2, 0.25) is 0 Å². The van der Waals surface area contributed by atoms with Gasteiger partial charge in [0.15, 0.2) is 6.33 Å². The molecule has 116 valence electrons. The van der Waals surface area contributed by atoms with Crippen molar-refractivity contribution in [1.82, 2.24) is 30.0 Å². The van der Waals surface area contributed by atoms with Gasteiger partial charge in [-0.15, -0.1) is 10.2 Å². The molecule has 2 N–H and O–H groups in total. The van der Waals surface area contributed by atoms with Crippen molar-refractivity contribution in [3.8, 4) is 0 Å². The van der Waals surface area contributed by atoms with Gasteiger partial charge in [-0.1, -0.05) is 0 Å². The van der Waals surface area contributed by atoms with E-state index in [1.807, 2.05) is 13.8 Å². The van der Waals surface area contributed by atoms with Gasteiger partial charge in [-0.05, 0) is 25.5 Å². The number of likely N-dealkylation sites (N-methyl/N-ethyl adjacent to an activating group) is 1. The Morgan fingerprint density at radius 1 is 1.38 bits per heavy atom. The largest absolute Gasteiger partial charge is 0.341 e. The molecule has 21 heavy (non-hydrogen) atoms. The van der Waals surface area contributed by atoms with E-state index >= 15 is 0 Å². The standard InChI is InChI=1S/C12H21N7O2/c1-3-17(4-2)12(21)10-5-9(13)6-18(10)11(20)7-19-15-8-14-16-19/h8-10H,3-7,13H2,1-2H3/t9-,10-/m0/s1. The van der Waals surface area contributed by atoms with Gasteiger partial charge in [-0.2, -0.15) is 4.80 Å². The van der Waals surface area contributed by atoms with Crippen molar-refractivity contribution in [2.24, 2.45) is 5.73 Å². The first-order valence-corrected chi connectivity index (χ1v) is 7.11. The third kappa shape index (κ3) is 3.35. The molecule has 1 aromatic rings. The molecular weight excluding hydrogens is 274 g/mol. The van der Waals surface area contributed by atoms with Crippen LogP contribution in [0.4, 0.5) is 0 Å². The van der Waals surface area contributed by atoms with Gasteiger partial charge < -0.3 is 15.5 Å². The maximum Gasteiger partial charge on any atom is 0.246 e. The summed E-state index contributed by atoms with van der Waals surface area (Å²) in [5, 5.41) is 11.0. The summed E-state index contributed by atoms with van der Waals surface area (Å²) in [5.74, 6) is -0.265. The van der Waals surface area contributed by atoms with Crippen molar-refractivity contribution in [1.29, 1.82) is 0 Å². The highest BCUT2D eigenvalue weighted by atomic mass is 16.2. The van der Waals surface area contributed by atoms with Crippen LogP contribution < -0.4 is 5.73 Å².